The van der Waals surface area contributed by atoms with Crippen molar-refractivity contribution in [3.8, 4) is 5.75 Å². The fraction of sp³-hybridized carbons (Fsp3) is 0.571. The van der Waals surface area contributed by atoms with E-state index in [1.807, 2.05) is 7.05 Å². The average Bonchev–Trinajstić information content (AvgIpc) is 2.43. The first-order valence-electron chi connectivity index (χ1n) is 6.66. The molecule has 1 aromatic rings. The molecule has 0 saturated carbocycles. The van der Waals surface area contributed by atoms with Crippen LogP contribution in [0.4, 0.5) is 0 Å². The molecule has 1 aromatic carbocycles. The van der Waals surface area contributed by atoms with E-state index in [0.29, 0.717) is 28.4 Å². The molecule has 0 aromatic heterocycles. The number of nitrogens with zero attached hydrogens (tertiary/aromatic N) is 1. The van der Waals surface area contributed by atoms with E-state index in [1.165, 1.54) is 12.8 Å². The smallest absolute Gasteiger partial charge is 0.139 e. The molecule has 20 heavy (non-hydrogen) atoms. The molecule has 0 amide bonds. The minimum atomic E-state index is 0. The van der Waals surface area contributed by atoms with Crippen molar-refractivity contribution in [2.75, 3.05) is 33.3 Å². The first-order valence-corrected chi connectivity index (χ1v) is 7.42. The van der Waals surface area contributed by atoms with Crippen LogP contribution in [0.3, 0.4) is 0 Å². The summed E-state index contributed by atoms with van der Waals surface area (Å²) in [6.07, 6.45) is 2.50. The number of benzene rings is 1. The van der Waals surface area contributed by atoms with Crippen molar-refractivity contribution in [3.63, 3.8) is 0 Å². The monoisotopic (exact) mass is 338 g/mol. The van der Waals surface area contributed by atoms with Crippen LogP contribution in [0.15, 0.2) is 18.2 Å². The Hall–Kier alpha value is -0.190. The number of hydrogen-bond acceptors (Lipinski definition) is 3. The lowest BCUT2D eigenvalue weighted by atomic mass is 10.1. The Morgan fingerprint density at radius 2 is 2.20 bits per heavy atom. The zero-order valence-electron chi connectivity index (χ0n) is 11.6. The van der Waals surface area contributed by atoms with Crippen molar-refractivity contribution in [1.29, 1.82) is 0 Å². The molecule has 1 aliphatic rings. The fourth-order valence-corrected chi connectivity index (χ4v) is 2.70. The Balaban J connectivity index is 0.00000200. The van der Waals surface area contributed by atoms with Crippen molar-refractivity contribution in [2.24, 2.45) is 0 Å². The third-order valence-electron chi connectivity index (χ3n) is 3.47. The predicted molar refractivity (Wildman–Crippen MR) is 87.7 cm³/mol. The van der Waals surface area contributed by atoms with Gasteiger partial charge in [0.25, 0.3) is 0 Å². The second-order valence-corrected chi connectivity index (χ2v) is 5.70. The lowest BCUT2D eigenvalue weighted by Crippen LogP contribution is -2.45. The van der Waals surface area contributed by atoms with Crippen LogP contribution in [-0.2, 0) is 0 Å². The molecule has 1 N–H and O–H groups in total. The third-order valence-corrected chi connectivity index (χ3v) is 4.02. The van der Waals surface area contributed by atoms with Crippen LogP contribution in [0.1, 0.15) is 12.8 Å². The van der Waals surface area contributed by atoms with Gasteiger partial charge in [0.05, 0.1) is 5.02 Å². The number of nitrogens with one attached hydrogen (secondary N) is 1. The SMILES string of the molecule is CNC1CCCN(CCOc2cc(Cl)ccc2Cl)C1.Cl. The summed E-state index contributed by atoms with van der Waals surface area (Å²) in [5.41, 5.74) is 0. The largest absolute Gasteiger partial charge is 0.491 e. The molecule has 0 aliphatic carbocycles. The van der Waals surface area contributed by atoms with Gasteiger partial charge in [0.15, 0.2) is 0 Å². The summed E-state index contributed by atoms with van der Waals surface area (Å²) in [7, 11) is 2.02. The third kappa shape index (κ3) is 5.30. The zero-order valence-corrected chi connectivity index (χ0v) is 13.9. The van der Waals surface area contributed by atoms with Gasteiger partial charge in [-0.2, -0.15) is 0 Å². The first kappa shape index (κ1) is 17.9. The minimum absolute atomic E-state index is 0. The molecule has 0 spiro atoms. The summed E-state index contributed by atoms with van der Waals surface area (Å²) in [6.45, 7) is 3.78. The van der Waals surface area contributed by atoms with E-state index in [2.05, 4.69) is 10.2 Å². The number of piperidine rings is 1. The van der Waals surface area contributed by atoms with E-state index in [-0.39, 0.29) is 12.4 Å². The maximum atomic E-state index is 6.06. The van der Waals surface area contributed by atoms with Gasteiger partial charge in [0, 0.05) is 30.2 Å². The van der Waals surface area contributed by atoms with Crippen LogP contribution in [0, 0.1) is 0 Å². The molecule has 3 nitrogen and oxygen atoms in total. The van der Waals surface area contributed by atoms with E-state index in [9.17, 15) is 0 Å². The molecule has 0 radical (unpaired) electrons. The molecule has 2 rings (SSSR count). The second kappa shape index (κ2) is 8.96. The van der Waals surface area contributed by atoms with Gasteiger partial charge in [-0.1, -0.05) is 23.2 Å². The number of likely N-dealkylation sites (tertiary alicyclic amines) is 1. The standard InChI is InChI=1S/C14H20Cl2N2O.ClH/c1-17-12-3-2-6-18(10-12)7-8-19-14-9-11(15)4-5-13(14)16;/h4-5,9,12,17H,2-3,6-8,10H2,1H3;1H. The van der Waals surface area contributed by atoms with Crippen molar-refractivity contribution in [1.82, 2.24) is 10.2 Å². The highest BCUT2D eigenvalue weighted by Crippen LogP contribution is 2.27. The molecule has 1 atom stereocenters. The number of ether oxygens (including phenoxy) is 1. The summed E-state index contributed by atoms with van der Waals surface area (Å²) in [4.78, 5) is 2.42. The van der Waals surface area contributed by atoms with Crippen molar-refractivity contribution in [3.05, 3.63) is 28.2 Å². The molecule has 1 saturated heterocycles. The van der Waals surface area contributed by atoms with Crippen LogP contribution < -0.4 is 10.1 Å². The molecular formula is C14H21Cl3N2O. The highest BCUT2D eigenvalue weighted by Gasteiger charge is 2.17. The van der Waals surface area contributed by atoms with Crippen LogP contribution in [0.2, 0.25) is 10.0 Å². The fourth-order valence-electron chi connectivity index (χ4n) is 2.37. The van der Waals surface area contributed by atoms with E-state index < -0.39 is 0 Å². The van der Waals surface area contributed by atoms with E-state index >= 15 is 0 Å². The van der Waals surface area contributed by atoms with Crippen molar-refractivity contribution >= 4 is 35.6 Å². The predicted octanol–water partition coefficient (Wildman–Crippen LogP) is 3.48. The summed E-state index contributed by atoms with van der Waals surface area (Å²) < 4.78 is 5.71. The normalized spacial score (nSPS) is 19.4. The second-order valence-electron chi connectivity index (χ2n) is 4.85. The Morgan fingerprint density at radius 3 is 2.95 bits per heavy atom. The topological polar surface area (TPSA) is 24.5 Å². The molecule has 6 heteroatoms. The lowest BCUT2D eigenvalue weighted by Gasteiger charge is -2.32. The van der Waals surface area contributed by atoms with Gasteiger partial charge in [0.1, 0.15) is 12.4 Å². The maximum Gasteiger partial charge on any atom is 0.139 e. The molecular weight excluding hydrogens is 319 g/mol. The van der Waals surface area contributed by atoms with Crippen LogP contribution in [0.5, 0.6) is 5.75 Å². The zero-order chi connectivity index (χ0) is 13.7. The maximum absolute atomic E-state index is 6.06. The van der Waals surface area contributed by atoms with Gasteiger partial charge < -0.3 is 10.1 Å². The molecule has 1 heterocycles. The van der Waals surface area contributed by atoms with Crippen LogP contribution in [-0.4, -0.2) is 44.2 Å². The average molecular weight is 340 g/mol. The molecule has 114 valence electrons. The number of halogens is 3. The Labute approximate surface area is 137 Å². The first-order chi connectivity index (χ1) is 9.19. The number of hydrogen-bond donors (Lipinski definition) is 1. The summed E-state index contributed by atoms with van der Waals surface area (Å²) in [5.74, 6) is 0.663. The van der Waals surface area contributed by atoms with Crippen molar-refractivity contribution in [2.45, 2.75) is 18.9 Å². The van der Waals surface area contributed by atoms with Crippen LogP contribution >= 0.6 is 35.6 Å². The summed E-state index contributed by atoms with van der Waals surface area (Å²) >= 11 is 12.0. The van der Waals surface area contributed by atoms with Gasteiger partial charge in [-0.15, -0.1) is 12.4 Å². The van der Waals surface area contributed by atoms with Gasteiger partial charge in [-0.25, -0.2) is 0 Å². The number of likely N-dealkylation sites (N-methyl/N-ethyl adjacent to an activating group) is 1. The molecule has 1 fully saturated rings. The quantitative estimate of drug-likeness (QED) is 0.889. The highest BCUT2D eigenvalue weighted by molar-refractivity contribution is 6.34. The molecule has 1 aliphatic heterocycles. The van der Waals surface area contributed by atoms with Crippen molar-refractivity contribution < 1.29 is 4.74 Å². The van der Waals surface area contributed by atoms with E-state index in [4.69, 9.17) is 27.9 Å². The Bertz CT molecular complexity index is 417. The van der Waals surface area contributed by atoms with Gasteiger partial charge in [-0.3, -0.25) is 4.90 Å². The van der Waals surface area contributed by atoms with Gasteiger partial charge >= 0.3 is 0 Å². The Morgan fingerprint density at radius 1 is 1.40 bits per heavy atom. The van der Waals surface area contributed by atoms with Gasteiger partial charge in [-0.05, 0) is 38.6 Å². The summed E-state index contributed by atoms with van der Waals surface area (Å²) in [5, 5.41) is 4.59. The van der Waals surface area contributed by atoms with E-state index in [0.717, 1.165) is 19.6 Å². The molecule has 0 bridgehead atoms. The van der Waals surface area contributed by atoms with Gasteiger partial charge in [0.2, 0.25) is 0 Å². The van der Waals surface area contributed by atoms with E-state index in [1.54, 1.807) is 18.2 Å². The lowest BCUT2D eigenvalue weighted by molar-refractivity contribution is 0.162. The molecule has 1 unspecified atom stereocenters. The Kier molecular flexibility index (Phi) is 8.00. The minimum Gasteiger partial charge on any atom is -0.491 e. The highest BCUT2D eigenvalue weighted by atomic mass is 35.5. The van der Waals surface area contributed by atoms with Crippen LogP contribution in [0.25, 0.3) is 0 Å². The summed E-state index contributed by atoms with van der Waals surface area (Å²) in [6, 6.07) is 5.88. The number of rotatable bonds is 5.